The minimum absolute atomic E-state index is 0.0320. The van der Waals surface area contributed by atoms with Crippen molar-refractivity contribution < 1.29 is 20.1 Å². The van der Waals surface area contributed by atoms with Gasteiger partial charge in [0.05, 0.1) is 24.0 Å². The van der Waals surface area contributed by atoms with Crippen LogP contribution < -0.4 is 21.7 Å². The molecule has 6 N–H and O–H groups in total. The molecule has 0 saturated carbocycles. The Kier molecular flexibility index (Phi) is 5.57. The number of carboxylic acids is 1. The van der Waals surface area contributed by atoms with Gasteiger partial charge in [-0.25, -0.2) is 10.4 Å². The number of aryl methyl sites for hydroxylation is 2. The van der Waals surface area contributed by atoms with Crippen LogP contribution in [0.1, 0.15) is 28.0 Å². The van der Waals surface area contributed by atoms with E-state index in [1.165, 1.54) is 0 Å². The molecule has 158 valence electrons. The van der Waals surface area contributed by atoms with Crippen molar-refractivity contribution in [1.29, 1.82) is 0 Å². The molecule has 0 atom stereocenters. The Morgan fingerprint density at radius 2 is 1.87 bits per heavy atom. The van der Waals surface area contributed by atoms with Crippen molar-refractivity contribution in [3.63, 3.8) is 0 Å². The van der Waals surface area contributed by atoms with Gasteiger partial charge in [-0.3, -0.25) is 9.59 Å². The second kappa shape index (κ2) is 8.47. The Bertz CT molecular complexity index is 1160. The van der Waals surface area contributed by atoms with Crippen molar-refractivity contribution in [2.45, 2.75) is 19.8 Å². The number of carbonyl (C=O) groups excluding carboxylic acids is 1. The van der Waals surface area contributed by atoms with E-state index >= 15 is 0 Å². The van der Waals surface area contributed by atoms with Gasteiger partial charge in [0.15, 0.2) is 0 Å². The number of benzene rings is 2. The predicted octanol–water partition coefficient (Wildman–Crippen LogP) is 1.84. The fraction of sp³-hybridized carbons (Fsp3) is 0.130. The number of nitrogens with one attached hydrogen (secondary N) is 1. The molecule has 0 fully saturated rings. The first-order valence-corrected chi connectivity index (χ1v) is 9.93. The Hall–Kier alpha value is -3.88. The van der Waals surface area contributed by atoms with Crippen molar-refractivity contribution in [2.75, 3.05) is 5.01 Å². The number of amides is 1. The van der Waals surface area contributed by atoms with Crippen molar-refractivity contribution in [3.8, 4) is 16.9 Å². The molecule has 3 aromatic rings. The number of nitrogens with two attached hydrogens (primary N) is 2. The molecule has 0 saturated heterocycles. The summed E-state index contributed by atoms with van der Waals surface area (Å²) in [6.07, 6.45) is 4.28. The molecule has 0 unspecified atom stereocenters. The smallest absolute Gasteiger partial charge is 0.303 e. The number of nitrogens with zero attached hydrogens (tertiary/aromatic N) is 2. The highest BCUT2D eigenvalue weighted by molar-refractivity contribution is 5.93. The number of carbonyl (C=O) groups is 2. The number of hydrogen-bond donors (Lipinski definition) is 4. The number of aliphatic carboxylic acids is 1. The lowest BCUT2D eigenvalue weighted by Crippen LogP contribution is -2.87. The lowest BCUT2D eigenvalue weighted by atomic mass is 10.1. The van der Waals surface area contributed by atoms with Gasteiger partial charge < -0.3 is 15.4 Å². The van der Waals surface area contributed by atoms with E-state index < -0.39 is 11.9 Å². The topological polar surface area (TPSA) is 117 Å². The lowest BCUT2D eigenvalue weighted by molar-refractivity contribution is -0.640. The van der Waals surface area contributed by atoms with Gasteiger partial charge in [-0.15, -0.1) is 0 Å². The number of quaternary nitrogens is 1. The van der Waals surface area contributed by atoms with Gasteiger partial charge >= 0.3 is 5.97 Å². The van der Waals surface area contributed by atoms with Gasteiger partial charge in [0.1, 0.15) is 6.20 Å². The van der Waals surface area contributed by atoms with Gasteiger partial charge in [0.2, 0.25) is 5.91 Å². The molecular formula is C23H24N5O3+. The summed E-state index contributed by atoms with van der Waals surface area (Å²) in [5.41, 5.74) is 16.4. The molecule has 0 aliphatic carbocycles. The third-order valence-electron chi connectivity index (χ3n) is 5.27. The molecule has 0 radical (unpaired) electrons. The number of rotatable bonds is 7. The highest BCUT2D eigenvalue weighted by Gasteiger charge is 2.16. The van der Waals surface area contributed by atoms with E-state index in [9.17, 15) is 9.59 Å². The molecule has 1 amide bonds. The quantitative estimate of drug-likeness (QED) is 0.437. The van der Waals surface area contributed by atoms with Crippen LogP contribution in [0, 0.1) is 6.92 Å². The van der Waals surface area contributed by atoms with Crippen LogP contribution in [0.3, 0.4) is 0 Å². The number of hydrogen-bond acceptors (Lipinski definition) is 4. The third kappa shape index (κ3) is 4.20. The number of hydrazine groups is 1. The van der Waals surface area contributed by atoms with Crippen LogP contribution in [-0.2, 0) is 11.2 Å². The van der Waals surface area contributed by atoms with E-state index in [4.69, 9.17) is 10.8 Å². The SMILES string of the molecule is Cc1cc(C(N)=O)ccc1-n1c(CCC(=O)O)ccc1-c1ccc(N2C=C[NH2+]N2)cc1. The van der Waals surface area contributed by atoms with Crippen LogP contribution in [0.25, 0.3) is 16.9 Å². The maximum absolute atomic E-state index is 11.6. The van der Waals surface area contributed by atoms with Gasteiger partial charge in [-0.2, -0.15) is 0 Å². The Morgan fingerprint density at radius 3 is 2.48 bits per heavy atom. The average Bonchev–Trinajstić information content (AvgIpc) is 3.42. The van der Waals surface area contributed by atoms with Gasteiger partial charge in [0.25, 0.3) is 0 Å². The number of primary amides is 1. The highest BCUT2D eigenvalue weighted by Crippen LogP contribution is 2.30. The van der Waals surface area contributed by atoms with Crippen LogP contribution >= 0.6 is 0 Å². The van der Waals surface area contributed by atoms with E-state index in [1.54, 1.807) is 12.1 Å². The average molecular weight is 418 g/mol. The second-order valence-electron chi connectivity index (χ2n) is 7.36. The Morgan fingerprint density at radius 1 is 1.10 bits per heavy atom. The van der Waals surface area contributed by atoms with Gasteiger partial charge in [-0.1, -0.05) is 17.7 Å². The summed E-state index contributed by atoms with van der Waals surface area (Å²) in [4.78, 5) is 22.7. The summed E-state index contributed by atoms with van der Waals surface area (Å²) in [7, 11) is 0. The minimum Gasteiger partial charge on any atom is -0.481 e. The first-order chi connectivity index (χ1) is 14.9. The first kappa shape index (κ1) is 20.4. The van der Waals surface area contributed by atoms with Crippen molar-refractivity contribution in [3.05, 3.63) is 83.8 Å². The first-order valence-electron chi connectivity index (χ1n) is 9.93. The van der Waals surface area contributed by atoms with Crippen molar-refractivity contribution in [2.24, 2.45) is 5.73 Å². The zero-order chi connectivity index (χ0) is 22.0. The summed E-state index contributed by atoms with van der Waals surface area (Å²) in [5.74, 6) is -1.33. The number of anilines is 1. The number of carboxylic acid groups (broad SMARTS) is 1. The fourth-order valence-corrected chi connectivity index (χ4v) is 3.73. The maximum atomic E-state index is 11.6. The maximum Gasteiger partial charge on any atom is 0.303 e. The van der Waals surface area contributed by atoms with Crippen molar-refractivity contribution >= 4 is 17.6 Å². The molecule has 1 aromatic heterocycles. The lowest BCUT2D eigenvalue weighted by Gasteiger charge is -2.18. The van der Waals surface area contributed by atoms with E-state index in [0.29, 0.717) is 12.0 Å². The van der Waals surface area contributed by atoms with Crippen LogP contribution in [0.2, 0.25) is 0 Å². The molecule has 0 bridgehead atoms. The van der Waals surface area contributed by atoms with E-state index in [2.05, 4.69) is 10.1 Å². The largest absolute Gasteiger partial charge is 0.481 e. The van der Waals surface area contributed by atoms with Gasteiger partial charge in [0, 0.05) is 16.9 Å². The summed E-state index contributed by atoms with van der Waals surface area (Å²) in [5, 5.41) is 11.1. The molecule has 2 aromatic carbocycles. The molecule has 0 spiro atoms. The van der Waals surface area contributed by atoms with Crippen LogP contribution in [0.4, 0.5) is 5.69 Å². The van der Waals surface area contributed by atoms with E-state index in [-0.39, 0.29) is 6.42 Å². The summed E-state index contributed by atoms with van der Waals surface area (Å²) in [6, 6.07) is 17.3. The fourth-order valence-electron chi connectivity index (χ4n) is 3.73. The van der Waals surface area contributed by atoms with Gasteiger partial charge in [-0.05, 0) is 66.9 Å². The van der Waals surface area contributed by atoms with E-state index in [1.807, 2.05) is 72.2 Å². The number of aromatic nitrogens is 1. The standard InChI is InChI=1S/C23H23N5O3/c1-15-14-17(23(24)31)4-9-20(15)28-19(8-11-22(29)30)7-10-21(28)16-2-5-18(6-3-16)27-13-12-25-26-27/h2-7,9-10,12-14,25-26H,8,11H2,1H3,(H2,24,31)(H,29,30)/p+1. The zero-order valence-corrected chi connectivity index (χ0v) is 17.1. The summed E-state index contributed by atoms with van der Waals surface area (Å²) < 4.78 is 2.06. The van der Waals surface area contributed by atoms with Crippen LogP contribution in [0.15, 0.2) is 67.0 Å². The summed E-state index contributed by atoms with van der Waals surface area (Å²) in [6.45, 7) is 1.91. The van der Waals surface area contributed by atoms with E-state index in [0.717, 1.165) is 33.9 Å². The second-order valence-corrected chi connectivity index (χ2v) is 7.36. The molecule has 4 rings (SSSR count). The minimum atomic E-state index is -0.845. The molecule has 8 heteroatoms. The molecular weight excluding hydrogens is 394 g/mol. The Balaban J connectivity index is 1.77. The zero-order valence-electron chi connectivity index (χ0n) is 17.1. The predicted molar refractivity (Wildman–Crippen MR) is 117 cm³/mol. The molecule has 1 aliphatic rings. The van der Waals surface area contributed by atoms with Crippen molar-refractivity contribution in [1.82, 2.24) is 10.1 Å². The molecule has 1 aliphatic heterocycles. The molecule has 31 heavy (non-hydrogen) atoms. The molecule has 8 nitrogen and oxygen atoms in total. The Labute approximate surface area is 179 Å². The van der Waals surface area contributed by atoms with Crippen LogP contribution in [-0.4, -0.2) is 21.6 Å². The van der Waals surface area contributed by atoms with Crippen LogP contribution in [0.5, 0.6) is 0 Å². The monoisotopic (exact) mass is 418 g/mol. The molecule has 2 heterocycles. The summed E-state index contributed by atoms with van der Waals surface area (Å²) >= 11 is 0. The third-order valence-corrected chi connectivity index (χ3v) is 5.27. The normalized spacial score (nSPS) is 13.0. The highest BCUT2D eigenvalue weighted by atomic mass is 16.4.